The number of fused-ring (bicyclic) bond motifs is 1. The summed E-state index contributed by atoms with van der Waals surface area (Å²) in [5, 5.41) is 2.83. The largest absolute Gasteiger partial charge is 0.369 e. The maximum Gasteiger partial charge on any atom is 0.249 e. The number of primary amides is 1. The van der Waals surface area contributed by atoms with Crippen LogP contribution in [0.1, 0.15) is 37.4 Å². The second-order valence-electron chi connectivity index (χ2n) is 6.36. The smallest absolute Gasteiger partial charge is 0.249 e. The third-order valence-corrected chi connectivity index (χ3v) is 4.81. The lowest BCUT2D eigenvalue weighted by Crippen LogP contribution is -2.45. The summed E-state index contributed by atoms with van der Waals surface area (Å²) in [5.74, 6) is -2.10. The van der Waals surface area contributed by atoms with Gasteiger partial charge in [0.15, 0.2) is 0 Å². The molecule has 0 fully saturated rings. The van der Waals surface area contributed by atoms with E-state index >= 15 is 0 Å². The summed E-state index contributed by atoms with van der Waals surface area (Å²) in [7, 11) is 1.73. The zero-order chi connectivity index (χ0) is 17.9. The number of carbonyl (C=O) groups is 3. The molecule has 6 nitrogen and oxygen atoms in total. The maximum atomic E-state index is 12.7. The van der Waals surface area contributed by atoms with Crippen LogP contribution in [0.4, 0.5) is 0 Å². The highest BCUT2D eigenvalue weighted by molar-refractivity contribution is 5.92. The van der Waals surface area contributed by atoms with E-state index in [0.29, 0.717) is 13.0 Å². The van der Waals surface area contributed by atoms with Crippen molar-refractivity contribution in [2.24, 2.45) is 17.6 Å². The highest BCUT2D eigenvalue weighted by Gasteiger charge is 2.34. The number of hydrogen-bond donors (Lipinski definition) is 2. The molecule has 0 radical (unpaired) electrons. The van der Waals surface area contributed by atoms with Gasteiger partial charge >= 0.3 is 0 Å². The lowest BCUT2D eigenvalue weighted by atomic mass is 9.89. The maximum absolute atomic E-state index is 12.7. The predicted octanol–water partition coefficient (Wildman–Crippen LogP) is 1.01. The molecule has 130 valence electrons. The van der Waals surface area contributed by atoms with E-state index in [2.05, 4.69) is 5.32 Å². The normalized spacial score (nSPS) is 19.9. The molecule has 1 aliphatic heterocycles. The summed E-state index contributed by atoms with van der Waals surface area (Å²) >= 11 is 0. The van der Waals surface area contributed by atoms with Gasteiger partial charge in [0.25, 0.3) is 0 Å². The Morgan fingerprint density at radius 2 is 2.04 bits per heavy atom. The predicted molar refractivity (Wildman–Crippen MR) is 90.8 cm³/mol. The molecule has 1 aromatic carbocycles. The zero-order valence-electron chi connectivity index (χ0n) is 14.4. The van der Waals surface area contributed by atoms with Crippen LogP contribution in [-0.4, -0.2) is 36.2 Å². The summed E-state index contributed by atoms with van der Waals surface area (Å²) in [6.07, 6.45) is 1.23. The molecule has 2 rings (SSSR count). The molecule has 24 heavy (non-hydrogen) atoms. The van der Waals surface area contributed by atoms with E-state index < -0.39 is 23.8 Å². The van der Waals surface area contributed by atoms with Gasteiger partial charge < -0.3 is 16.0 Å². The molecular weight excluding hydrogens is 306 g/mol. The van der Waals surface area contributed by atoms with Gasteiger partial charge in [-0.25, -0.2) is 0 Å². The Kier molecular flexibility index (Phi) is 5.59. The van der Waals surface area contributed by atoms with Crippen LogP contribution in [0.5, 0.6) is 0 Å². The minimum atomic E-state index is -0.728. The highest BCUT2D eigenvalue weighted by atomic mass is 16.2. The average molecular weight is 331 g/mol. The molecule has 1 aliphatic rings. The SMILES string of the molecule is CCC(C(N)=O)[C@H](C)C(=O)N[C@H]1C(=O)N(C)CCc2ccccc21. The standard InChI is InChI=1S/C18H25N3O3/c1-4-13(16(19)22)11(2)17(23)20-15-14-8-6-5-7-12(14)9-10-21(3)18(15)24/h5-8,11,13,15H,4,9-10H2,1-3H3,(H2,19,22)(H,20,23)/t11-,13?,15+/m0/s1. The second-order valence-corrected chi connectivity index (χ2v) is 6.36. The fourth-order valence-electron chi connectivity index (χ4n) is 3.19. The average Bonchev–Trinajstić information content (AvgIpc) is 2.67. The first-order valence-corrected chi connectivity index (χ1v) is 8.29. The summed E-state index contributed by atoms with van der Waals surface area (Å²) in [4.78, 5) is 38.4. The van der Waals surface area contributed by atoms with E-state index in [4.69, 9.17) is 5.73 Å². The van der Waals surface area contributed by atoms with Gasteiger partial charge in [-0.3, -0.25) is 14.4 Å². The van der Waals surface area contributed by atoms with Gasteiger partial charge in [0.2, 0.25) is 17.7 Å². The van der Waals surface area contributed by atoms with Gasteiger partial charge in [0, 0.05) is 25.4 Å². The Morgan fingerprint density at radius 3 is 2.67 bits per heavy atom. The van der Waals surface area contributed by atoms with Gasteiger partial charge in [-0.15, -0.1) is 0 Å². The molecule has 3 amide bonds. The van der Waals surface area contributed by atoms with E-state index in [9.17, 15) is 14.4 Å². The van der Waals surface area contributed by atoms with Crippen LogP contribution in [0.2, 0.25) is 0 Å². The molecule has 0 saturated carbocycles. The molecule has 6 heteroatoms. The van der Waals surface area contributed by atoms with Gasteiger partial charge in [0.1, 0.15) is 6.04 Å². The number of benzene rings is 1. The molecule has 1 heterocycles. The summed E-state index contributed by atoms with van der Waals surface area (Å²) < 4.78 is 0. The van der Waals surface area contributed by atoms with Crippen LogP contribution >= 0.6 is 0 Å². The molecule has 0 spiro atoms. The molecule has 0 bridgehead atoms. The van der Waals surface area contributed by atoms with E-state index in [0.717, 1.165) is 17.5 Å². The lowest BCUT2D eigenvalue weighted by Gasteiger charge is -2.25. The van der Waals surface area contributed by atoms with Crippen molar-refractivity contribution in [1.82, 2.24) is 10.2 Å². The van der Waals surface area contributed by atoms with E-state index in [1.165, 1.54) is 0 Å². The van der Waals surface area contributed by atoms with Gasteiger partial charge in [-0.1, -0.05) is 38.1 Å². The lowest BCUT2D eigenvalue weighted by molar-refractivity contribution is -0.138. The Hall–Kier alpha value is -2.37. The fraction of sp³-hybridized carbons (Fsp3) is 0.500. The number of nitrogens with zero attached hydrogens (tertiary/aromatic N) is 1. The number of amides is 3. The molecule has 0 saturated heterocycles. The van der Waals surface area contributed by atoms with E-state index in [1.807, 2.05) is 31.2 Å². The van der Waals surface area contributed by atoms with Crippen molar-refractivity contribution in [3.8, 4) is 0 Å². The Morgan fingerprint density at radius 1 is 1.38 bits per heavy atom. The topological polar surface area (TPSA) is 92.5 Å². The van der Waals surface area contributed by atoms with Crippen molar-refractivity contribution in [3.63, 3.8) is 0 Å². The molecule has 3 atom stereocenters. The van der Waals surface area contributed by atoms with Crippen molar-refractivity contribution < 1.29 is 14.4 Å². The van der Waals surface area contributed by atoms with Crippen LogP contribution in [0.25, 0.3) is 0 Å². The van der Waals surface area contributed by atoms with Crippen LogP contribution < -0.4 is 11.1 Å². The number of carbonyl (C=O) groups excluding carboxylic acids is 3. The van der Waals surface area contributed by atoms with E-state index in [1.54, 1.807) is 18.9 Å². The first-order valence-electron chi connectivity index (χ1n) is 8.29. The zero-order valence-corrected chi connectivity index (χ0v) is 14.4. The second kappa shape index (κ2) is 7.47. The number of nitrogens with one attached hydrogen (secondary N) is 1. The van der Waals surface area contributed by atoms with Crippen molar-refractivity contribution in [1.29, 1.82) is 0 Å². The van der Waals surface area contributed by atoms with Crippen molar-refractivity contribution in [2.75, 3.05) is 13.6 Å². The van der Waals surface area contributed by atoms with Crippen molar-refractivity contribution in [3.05, 3.63) is 35.4 Å². The van der Waals surface area contributed by atoms with Gasteiger partial charge in [-0.05, 0) is 24.0 Å². The Balaban J connectivity index is 2.27. The molecule has 0 aromatic heterocycles. The van der Waals surface area contributed by atoms with Crippen LogP contribution in [0.15, 0.2) is 24.3 Å². The number of likely N-dealkylation sites (N-methyl/N-ethyl adjacent to an activating group) is 1. The van der Waals surface area contributed by atoms with Gasteiger partial charge in [-0.2, -0.15) is 0 Å². The minimum Gasteiger partial charge on any atom is -0.369 e. The Labute approximate surface area is 142 Å². The number of nitrogens with two attached hydrogens (primary N) is 1. The summed E-state index contributed by atoms with van der Waals surface area (Å²) in [5.41, 5.74) is 7.25. The molecular formula is C18H25N3O3. The summed E-state index contributed by atoms with van der Waals surface area (Å²) in [6, 6.07) is 6.90. The fourth-order valence-corrected chi connectivity index (χ4v) is 3.19. The van der Waals surface area contributed by atoms with Crippen LogP contribution in [-0.2, 0) is 20.8 Å². The summed E-state index contributed by atoms with van der Waals surface area (Å²) in [6.45, 7) is 4.10. The Bertz CT molecular complexity index is 644. The molecule has 3 N–H and O–H groups in total. The number of rotatable bonds is 5. The quantitative estimate of drug-likeness (QED) is 0.843. The minimum absolute atomic E-state index is 0.146. The first-order chi connectivity index (χ1) is 11.4. The van der Waals surface area contributed by atoms with Crippen LogP contribution in [0.3, 0.4) is 0 Å². The van der Waals surface area contributed by atoms with Gasteiger partial charge in [0.05, 0.1) is 0 Å². The highest BCUT2D eigenvalue weighted by Crippen LogP contribution is 2.25. The first kappa shape index (κ1) is 18.0. The third-order valence-electron chi connectivity index (χ3n) is 4.81. The monoisotopic (exact) mass is 331 g/mol. The molecule has 1 unspecified atom stereocenters. The molecule has 1 aromatic rings. The van der Waals surface area contributed by atoms with Crippen molar-refractivity contribution in [2.45, 2.75) is 32.7 Å². The van der Waals surface area contributed by atoms with E-state index in [-0.39, 0.29) is 11.8 Å². The molecule has 0 aliphatic carbocycles. The van der Waals surface area contributed by atoms with Crippen LogP contribution in [0, 0.1) is 11.8 Å². The number of hydrogen-bond acceptors (Lipinski definition) is 3. The third kappa shape index (κ3) is 3.58. The van der Waals surface area contributed by atoms with Crippen molar-refractivity contribution >= 4 is 17.7 Å².